The van der Waals surface area contributed by atoms with Crippen LogP contribution in [0.3, 0.4) is 0 Å². The Balaban J connectivity index is 1.49. The molecule has 1 aliphatic rings. The Morgan fingerprint density at radius 3 is 2.74 bits per heavy atom. The summed E-state index contributed by atoms with van der Waals surface area (Å²) in [6, 6.07) is 12.5. The summed E-state index contributed by atoms with van der Waals surface area (Å²) in [6.45, 7) is 3.75. The summed E-state index contributed by atoms with van der Waals surface area (Å²) < 4.78 is 41.1. The van der Waals surface area contributed by atoms with Crippen LogP contribution in [0.4, 0.5) is 0 Å². The van der Waals surface area contributed by atoms with Gasteiger partial charge in [-0.2, -0.15) is 0 Å². The summed E-state index contributed by atoms with van der Waals surface area (Å²) in [5.74, 6) is 1.89. The van der Waals surface area contributed by atoms with Gasteiger partial charge < -0.3 is 14.0 Å². The number of fused-ring (bicyclic) bond motifs is 2. The number of hydrogen-bond donors (Lipinski definition) is 1. The molecule has 8 heteroatoms. The van der Waals surface area contributed by atoms with E-state index in [9.17, 15) is 8.42 Å². The van der Waals surface area contributed by atoms with Crippen molar-refractivity contribution in [1.82, 2.24) is 14.3 Å². The van der Waals surface area contributed by atoms with Crippen LogP contribution in [0.1, 0.15) is 12.2 Å². The van der Waals surface area contributed by atoms with E-state index in [2.05, 4.69) is 9.71 Å². The van der Waals surface area contributed by atoms with Crippen molar-refractivity contribution in [2.45, 2.75) is 24.8 Å². The van der Waals surface area contributed by atoms with E-state index in [1.54, 1.807) is 6.07 Å². The molecule has 0 radical (unpaired) electrons. The van der Waals surface area contributed by atoms with Crippen LogP contribution >= 0.6 is 0 Å². The van der Waals surface area contributed by atoms with E-state index in [1.807, 2.05) is 35.8 Å². The fourth-order valence-corrected chi connectivity index (χ4v) is 4.20. The van der Waals surface area contributed by atoms with Gasteiger partial charge in [-0.3, -0.25) is 0 Å². The van der Waals surface area contributed by atoms with Crippen molar-refractivity contribution >= 4 is 21.1 Å². The van der Waals surface area contributed by atoms with Crippen molar-refractivity contribution in [2.75, 3.05) is 19.8 Å². The monoisotopic (exact) mass is 387 g/mol. The van der Waals surface area contributed by atoms with Crippen molar-refractivity contribution in [3.63, 3.8) is 0 Å². The lowest BCUT2D eigenvalue weighted by molar-refractivity contribution is 0.297. The van der Waals surface area contributed by atoms with Crippen molar-refractivity contribution in [3.8, 4) is 11.5 Å². The molecule has 0 aliphatic carbocycles. The Bertz CT molecular complexity index is 1080. The topological polar surface area (TPSA) is 82.5 Å². The second kappa shape index (κ2) is 7.21. The normalized spacial score (nSPS) is 14.3. The Labute approximate surface area is 158 Å². The Morgan fingerprint density at radius 2 is 1.89 bits per heavy atom. The maximum absolute atomic E-state index is 12.6. The van der Waals surface area contributed by atoms with E-state index in [0.29, 0.717) is 31.3 Å². The number of ether oxygens (including phenoxy) is 2. The van der Waals surface area contributed by atoms with Gasteiger partial charge in [0.25, 0.3) is 0 Å². The molecule has 0 atom stereocenters. The summed E-state index contributed by atoms with van der Waals surface area (Å²) in [7, 11) is -3.64. The minimum atomic E-state index is -3.64. The minimum absolute atomic E-state index is 0.166. The Kier molecular flexibility index (Phi) is 4.75. The largest absolute Gasteiger partial charge is 0.490 e. The average Bonchev–Trinajstić information content (AvgIpc) is 2.82. The second-order valence-electron chi connectivity index (χ2n) is 6.36. The lowest BCUT2D eigenvalue weighted by atomic mass is 10.3. The summed E-state index contributed by atoms with van der Waals surface area (Å²) in [5.41, 5.74) is 1.89. The molecule has 0 saturated heterocycles. The van der Waals surface area contributed by atoms with Crippen LogP contribution in [-0.2, 0) is 16.6 Å². The number of nitrogens with zero attached hydrogens (tertiary/aromatic N) is 2. The van der Waals surface area contributed by atoms with Crippen LogP contribution in [0.25, 0.3) is 11.0 Å². The molecule has 4 rings (SSSR count). The predicted molar refractivity (Wildman–Crippen MR) is 102 cm³/mol. The molecule has 1 aromatic heterocycles. The van der Waals surface area contributed by atoms with Crippen molar-refractivity contribution < 1.29 is 17.9 Å². The van der Waals surface area contributed by atoms with Gasteiger partial charge in [-0.15, -0.1) is 0 Å². The molecule has 1 aliphatic heterocycles. The zero-order valence-corrected chi connectivity index (χ0v) is 15.8. The van der Waals surface area contributed by atoms with E-state index in [-0.39, 0.29) is 11.4 Å². The number of para-hydroxylation sites is 2. The van der Waals surface area contributed by atoms with Gasteiger partial charge in [0.05, 0.1) is 29.1 Å². The average molecular weight is 387 g/mol. The molecule has 0 amide bonds. The SMILES string of the molecule is Cc1nc2ccccc2n1CCNS(=O)(=O)c1ccc2c(c1)OCCCO2. The molecule has 7 nitrogen and oxygen atoms in total. The number of hydrogen-bond acceptors (Lipinski definition) is 5. The highest BCUT2D eigenvalue weighted by atomic mass is 32.2. The Hall–Kier alpha value is -2.58. The molecule has 1 N–H and O–H groups in total. The third-order valence-electron chi connectivity index (χ3n) is 4.50. The number of imidazole rings is 1. The summed E-state index contributed by atoms with van der Waals surface area (Å²) in [6.07, 6.45) is 0.771. The second-order valence-corrected chi connectivity index (χ2v) is 8.12. The van der Waals surface area contributed by atoms with Crippen LogP contribution in [0, 0.1) is 6.92 Å². The fourth-order valence-electron chi connectivity index (χ4n) is 3.16. The van der Waals surface area contributed by atoms with Gasteiger partial charge in [0.15, 0.2) is 11.5 Å². The van der Waals surface area contributed by atoms with Gasteiger partial charge in [-0.1, -0.05) is 12.1 Å². The molecule has 0 unspecified atom stereocenters. The highest BCUT2D eigenvalue weighted by Crippen LogP contribution is 2.31. The van der Waals surface area contributed by atoms with Crippen molar-refractivity contribution in [1.29, 1.82) is 0 Å². The third kappa shape index (κ3) is 3.63. The molecular formula is C19H21N3O4S. The summed E-state index contributed by atoms with van der Waals surface area (Å²) in [5, 5.41) is 0. The Morgan fingerprint density at radius 1 is 1.11 bits per heavy atom. The van der Waals surface area contributed by atoms with Gasteiger partial charge in [-0.25, -0.2) is 18.1 Å². The van der Waals surface area contributed by atoms with E-state index in [0.717, 1.165) is 23.3 Å². The third-order valence-corrected chi connectivity index (χ3v) is 5.96. The van der Waals surface area contributed by atoms with E-state index in [1.165, 1.54) is 12.1 Å². The smallest absolute Gasteiger partial charge is 0.240 e. The van der Waals surface area contributed by atoms with Gasteiger partial charge in [0, 0.05) is 25.6 Å². The molecule has 142 valence electrons. The molecule has 3 aromatic rings. The zero-order valence-electron chi connectivity index (χ0n) is 15.0. The zero-order chi connectivity index (χ0) is 18.9. The molecular weight excluding hydrogens is 366 g/mol. The van der Waals surface area contributed by atoms with Gasteiger partial charge in [-0.05, 0) is 31.2 Å². The highest BCUT2D eigenvalue weighted by Gasteiger charge is 2.18. The van der Waals surface area contributed by atoms with Crippen molar-refractivity contribution in [2.24, 2.45) is 0 Å². The molecule has 0 saturated carbocycles. The molecule has 27 heavy (non-hydrogen) atoms. The maximum atomic E-state index is 12.6. The van der Waals surface area contributed by atoms with Crippen LogP contribution in [0.2, 0.25) is 0 Å². The highest BCUT2D eigenvalue weighted by molar-refractivity contribution is 7.89. The first-order chi connectivity index (χ1) is 13.0. The minimum Gasteiger partial charge on any atom is -0.490 e. The molecule has 2 aromatic carbocycles. The molecule has 0 bridgehead atoms. The number of aryl methyl sites for hydroxylation is 1. The fraction of sp³-hybridized carbons (Fsp3) is 0.316. The van der Waals surface area contributed by atoms with Gasteiger partial charge in [0.2, 0.25) is 10.0 Å². The van der Waals surface area contributed by atoms with Crippen LogP contribution in [0.15, 0.2) is 47.4 Å². The van der Waals surface area contributed by atoms with Crippen LogP contribution in [0.5, 0.6) is 11.5 Å². The predicted octanol–water partition coefficient (Wildman–Crippen LogP) is 2.48. The van der Waals surface area contributed by atoms with Crippen LogP contribution < -0.4 is 14.2 Å². The maximum Gasteiger partial charge on any atom is 0.240 e. The number of nitrogens with one attached hydrogen (secondary N) is 1. The molecule has 0 spiro atoms. The standard InChI is InChI=1S/C19H21N3O4S/c1-14-21-16-5-2-3-6-17(16)22(14)10-9-20-27(23,24)15-7-8-18-19(13-15)26-12-4-11-25-18/h2-3,5-8,13,20H,4,9-12H2,1H3. The van der Waals surface area contributed by atoms with E-state index < -0.39 is 10.0 Å². The molecule has 2 heterocycles. The quantitative estimate of drug-likeness (QED) is 0.727. The van der Waals surface area contributed by atoms with E-state index in [4.69, 9.17) is 9.47 Å². The number of aromatic nitrogens is 2. The lowest BCUT2D eigenvalue weighted by Crippen LogP contribution is -2.27. The van der Waals surface area contributed by atoms with Crippen LogP contribution in [-0.4, -0.2) is 37.7 Å². The summed E-state index contributed by atoms with van der Waals surface area (Å²) in [4.78, 5) is 4.66. The number of benzene rings is 2. The first-order valence-electron chi connectivity index (χ1n) is 8.86. The number of rotatable bonds is 5. The van der Waals surface area contributed by atoms with Gasteiger partial charge in [0.1, 0.15) is 5.82 Å². The first kappa shape index (κ1) is 17.8. The summed E-state index contributed by atoms with van der Waals surface area (Å²) >= 11 is 0. The molecule has 0 fully saturated rings. The lowest BCUT2D eigenvalue weighted by Gasteiger charge is -2.12. The van der Waals surface area contributed by atoms with Crippen molar-refractivity contribution in [3.05, 3.63) is 48.3 Å². The van der Waals surface area contributed by atoms with Gasteiger partial charge >= 0.3 is 0 Å². The van der Waals surface area contributed by atoms with E-state index >= 15 is 0 Å². The first-order valence-corrected chi connectivity index (χ1v) is 10.3. The number of sulfonamides is 1.